The highest BCUT2D eigenvalue weighted by Crippen LogP contribution is 2.14. The molecule has 0 saturated carbocycles. The molecular weight excluding hydrogens is 203 g/mol. The molecular formula is C10H9FO4. The van der Waals surface area contributed by atoms with Crippen LogP contribution in [0.1, 0.15) is 27.6 Å². The molecule has 0 fully saturated rings. The zero-order valence-corrected chi connectivity index (χ0v) is 7.99. The van der Waals surface area contributed by atoms with Crippen LogP contribution < -0.4 is 0 Å². The van der Waals surface area contributed by atoms with Crippen molar-refractivity contribution in [3.05, 3.63) is 35.1 Å². The van der Waals surface area contributed by atoms with Gasteiger partial charge >= 0.3 is 11.9 Å². The number of carbonyl (C=O) groups excluding carboxylic acids is 1. The van der Waals surface area contributed by atoms with E-state index in [0.717, 1.165) is 6.07 Å². The fraction of sp³-hybridized carbons (Fsp3) is 0.200. The summed E-state index contributed by atoms with van der Waals surface area (Å²) in [7, 11) is 0. The van der Waals surface area contributed by atoms with Crippen molar-refractivity contribution >= 4 is 11.9 Å². The van der Waals surface area contributed by atoms with Crippen molar-refractivity contribution in [2.75, 3.05) is 6.61 Å². The number of esters is 1. The van der Waals surface area contributed by atoms with Crippen LogP contribution in [0.25, 0.3) is 0 Å². The molecule has 0 spiro atoms. The van der Waals surface area contributed by atoms with E-state index in [1.54, 1.807) is 6.92 Å². The molecule has 80 valence electrons. The summed E-state index contributed by atoms with van der Waals surface area (Å²) in [6.07, 6.45) is 0. The van der Waals surface area contributed by atoms with Gasteiger partial charge in [0.05, 0.1) is 17.7 Å². The largest absolute Gasteiger partial charge is 0.478 e. The van der Waals surface area contributed by atoms with E-state index in [2.05, 4.69) is 4.74 Å². The lowest BCUT2D eigenvalue weighted by Gasteiger charge is -2.04. The molecule has 5 heteroatoms. The highest BCUT2D eigenvalue weighted by atomic mass is 19.1. The average molecular weight is 212 g/mol. The van der Waals surface area contributed by atoms with Crippen LogP contribution in [-0.2, 0) is 4.74 Å². The van der Waals surface area contributed by atoms with Gasteiger partial charge in [-0.2, -0.15) is 0 Å². The van der Waals surface area contributed by atoms with Crippen molar-refractivity contribution in [3.63, 3.8) is 0 Å². The molecule has 15 heavy (non-hydrogen) atoms. The maximum Gasteiger partial charge on any atom is 0.341 e. The maximum atomic E-state index is 13.4. The van der Waals surface area contributed by atoms with Crippen molar-refractivity contribution in [1.82, 2.24) is 0 Å². The van der Waals surface area contributed by atoms with Gasteiger partial charge in [0.2, 0.25) is 0 Å². The summed E-state index contributed by atoms with van der Waals surface area (Å²) in [6, 6.07) is 3.55. The lowest BCUT2D eigenvalue weighted by molar-refractivity contribution is 0.0521. The first-order valence-electron chi connectivity index (χ1n) is 4.26. The van der Waals surface area contributed by atoms with Crippen LogP contribution in [0, 0.1) is 5.82 Å². The normalized spacial score (nSPS) is 9.73. The van der Waals surface area contributed by atoms with Gasteiger partial charge in [-0.3, -0.25) is 0 Å². The van der Waals surface area contributed by atoms with Crippen LogP contribution in [0.5, 0.6) is 0 Å². The summed E-state index contributed by atoms with van der Waals surface area (Å²) < 4.78 is 18.0. The molecule has 4 nitrogen and oxygen atoms in total. The lowest BCUT2D eigenvalue weighted by atomic mass is 10.1. The second kappa shape index (κ2) is 4.54. The third kappa shape index (κ3) is 2.31. The van der Waals surface area contributed by atoms with Crippen LogP contribution in [0.3, 0.4) is 0 Å². The predicted molar refractivity (Wildman–Crippen MR) is 49.3 cm³/mol. The number of ether oxygens (including phenoxy) is 1. The van der Waals surface area contributed by atoms with E-state index < -0.39 is 23.3 Å². The summed E-state index contributed by atoms with van der Waals surface area (Å²) in [5.74, 6) is -3.35. The fourth-order valence-corrected chi connectivity index (χ4v) is 1.06. The molecule has 0 bridgehead atoms. The molecule has 0 aliphatic heterocycles. The van der Waals surface area contributed by atoms with Crippen molar-refractivity contribution in [2.45, 2.75) is 6.92 Å². The molecule has 1 aromatic rings. The minimum absolute atomic E-state index is 0.107. The molecule has 0 heterocycles. The molecule has 0 radical (unpaired) electrons. The number of carboxylic acid groups (broad SMARTS) is 1. The van der Waals surface area contributed by atoms with E-state index in [0.29, 0.717) is 0 Å². The van der Waals surface area contributed by atoms with Crippen LogP contribution >= 0.6 is 0 Å². The van der Waals surface area contributed by atoms with Crippen LogP contribution in [0.2, 0.25) is 0 Å². The Kier molecular flexibility index (Phi) is 3.38. The Labute approximate surface area is 85.3 Å². The van der Waals surface area contributed by atoms with Gasteiger partial charge in [0.25, 0.3) is 0 Å². The van der Waals surface area contributed by atoms with Gasteiger partial charge in [-0.25, -0.2) is 14.0 Å². The van der Waals surface area contributed by atoms with Crippen LogP contribution in [-0.4, -0.2) is 23.7 Å². The first kappa shape index (κ1) is 11.2. The molecule has 0 atom stereocenters. The van der Waals surface area contributed by atoms with Gasteiger partial charge in [0.15, 0.2) is 5.82 Å². The van der Waals surface area contributed by atoms with Crippen LogP contribution in [0.15, 0.2) is 18.2 Å². The van der Waals surface area contributed by atoms with Gasteiger partial charge in [-0.15, -0.1) is 0 Å². The summed E-state index contributed by atoms with van der Waals surface area (Å²) in [6.45, 7) is 1.69. The number of aromatic carboxylic acids is 1. The number of benzene rings is 1. The van der Waals surface area contributed by atoms with Gasteiger partial charge in [0.1, 0.15) is 0 Å². The summed E-state index contributed by atoms with van der Waals surface area (Å²) >= 11 is 0. The first-order valence-corrected chi connectivity index (χ1v) is 4.26. The SMILES string of the molecule is CCOC(=O)c1cccc(C(=O)O)c1F. The quantitative estimate of drug-likeness (QED) is 0.774. The molecule has 1 N–H and O–H groups in total. The van der Waals surface area contributed by atoms with E-state index >= 15 is 0 Å². The number of rotatable bonds is 3. The Morgan fingerprint density at radius 1 is 1.40 bits per heavy atom. The zero-order valence-electron chi connectivity index (χ0n) is 7.99. The van der Waals surface area contributed by atoms with Gasteiger partial charge in [-0.1, -0.05) is 6.07 Å². The van der Waals surface area contributed by atoms with Gasteiger partial charge < -0.3 is 9.84 Å². The molecule has 1 aromatic carbocycles. The first-order chi connectivity index (χ1) is 7.07. The molecule has 0 aromatic heterocycles. The second-order valence-corrected chi connectivity index (χ2v) is 2.69. The molecule has 0 saturated heterocycles. The van der Waals surface area contributed by atoms with E-state index in [1.165, 1.54) is 12.1 Å². The lowest BCUT2D eigenvalue weighted by Crippen LogP contribution is -2.11. The summed E-state index contributed by atoms with van der Waals surface area (Å²) in [5, 5.41) is 8.61. The Bertz CT molecular complexity index is 400. The van der Waals surface area contributed by atoms with Crippen molar-refractivity contribution in [1.29, 1.82) is 0 Å². The highest BCUT2D eigenvalue weighted by Gasteiger charge is 2.18. The average Bonchev–Trinajstić information content (AvgIpc) is 2.17. The van der Waals surface area contributed by atoms with Crippen molar-refractivity contribution < 1.29 is 23.8 Å². The number of carboxylic acids is 1. The topological polar surface area (TPSA) is 63.6 Å². The minimum Gasteiger partial charge on any atom is -0.478 e. The second-order valence-electron chi connectivity index (χ2n) is 2.69. The monoisotopic (exact) mass is 212 g/mol. The molecule has 0 aliphatic rings. The summed E-state index contributed by atoms with van der Waals surface area (Å²) in [5.41, 5.74) is -0.905. The number of carbonyl (C=O) groups is 2. The van der Waals surface area contributed by atoms with E-state index in [9.17, 15) is 14.0 Å². The standard InChI is InChI=1S/C10H9FO4/c1-2-15-10(14)7-5-3-4-6(8(7)11)9(12)13/h3-5H,2H2,1H3,(H,12,13). The zero-order chi connectivity index (χ0) is 11.4. The van der Waals surface area contributed by atoms with Crippen LogP contribution in [0.4, 0.5) is 4.39 Å². The fourth-order valence-electron chi connectivity index (χ4n) is 1.06. The Morgan fingerprint density at radius 2 is 2.00 bits per heavy atom. The molecule has 0 unspecified atom stereocenters. The highest BCUT2D eigenvalue weighted by molar-refractivity contribution is 5.95. The smallest absolute Gasteiger partial charge is 0.341 e. The maximum absolute atomic E-state index is 13.4. The third-order valence-electron chi connectivity index (χ3n) is 1.72. The Hall–Kier alpha value is -1.91. The molecule has 1 rings (SSSR count). The Balaban J connectivity index is 3.15. The van der Waals surface area contributed by atoms with E-state index in [4.69, 9.17) is 5.11 Å². The van der Waals surface area contributed by atoms with Gasteiger partial charge in [0, 0.05) is 0 Å². The van der Waals surface area contributed by atoms with E-state index in [1.807, 2.05) is 0 Å². The number of halogens is 1. The number of hydrogen-bond acceptors (Lipinski definition) is 3. The summed E-state index contributed by atoms with van der Waals surface area (Å²) in [4.78, 5) is 21.7. The molecule has 0 aliphatic carbocycles. The van der Waals surface area contributed by atoms with E-state index in [-0.39, 0.29) is 12.2 Å². The predicted octanol–water partition coefficient (Wildman–Crippen LogP) is 1.70. The minimum atomic E-state index is -1.42. The van der Waals surface area contributed by atoms with Gasteiger partial charge in [-0.05, 0) is 19.1 Å². The Morgan fingerprint density at radius 3 is 2.53 bits per heavy atom. The third-order valence-corrected chi connectivity index (χ3v) is 1.72. The van der Waals surface area contributed by atoms with Crippen molar-refractivity contribution in [2.24, 2.45) is 0 Å². The van der Waals surface area contributed by atoms with Crippen molar-refractivity contribution in [3.8, 4) is 0 Å². The molecule has 0 amide bonds. The number of hydrogen-bond donors (Lipinski definition) is 1.